The normalized spacial score (nSPS) is 14.0. The fraction of sp³-hybridized carbons (Fsp3) is 0.714. The third kappa shape index (κ3) is 8.24. The second kappa shape index (κ2) is 6.37. The number of hydrogen-bond donors (Lipinski definition) is 0. The fourth-order valence-corrected chi connectivity index (χ4v) is 1.47. The molecule has 0 N–H and O–H groups in total. The molecule has 6 heteroatoms. The molecule has 0 aromatic heterocycles. The predicted octanol–water partition coefficient (Wildman–Crippen LogP) is 0.773. The Hall–Kier alpha value is -0.100. The third-order valence-electron chi connectivity index (χ3n) is 1.02. The average molecular weight is 229 g/mol. The van der Waals surface area contributed by atoms with Gasteiger partial charge in [0.05, 0.1) is 25.3 Å². The van der Waals surface area contributed by atoms with Crippen molar-refractivity contribution < 1.29 is 17.3 Å². The van der Waals surface area contributed by atoms with E-state index < -0.39 is 16.2 Å². The minimum atomic E-state index is -3.46. The van der Waals surface area contributed by atoms with E-state index in [1.165, 1.54) is 0 Å². The maximum absolute atomic E-state index is 10.7. The topological polar surface area (TPSA) is 52.6 Å². The molecule has 0 aliphatic heterocycles. The van der Waals surface area contributed by atoms with Gasteiger partial charge < -0.3 is 4.74 Å². The molecule has 0 aliphatic rings. The van der Waals surface area contributed by atoms with Gasteiger partial charge in [0, 0.05) is 0 Å². The summed E-state index contributed by atoms with van der Waals surface area (Å²) in [6.45, 7) is 3.93. The van der Waals surface area contributed by atoms with Crippen molar-refractivity contribution >= 4 is 21.7 Å². The smallest absolute Gasteiger partial charge is 0.264 e. The van der Waals surface area contributed by atoms with Crippen LogP contribution in [0.3, 0.4) is 0 Å². The number of hydrogen-bond acceptors (Lipinski definition) is 4. The lowest BCUT2D eigenvalue weighted by Gasteiger charge is -2.12. The Bertz CT molecular complexity index is 237. The Morgan fingerprint density at radius 2 is 2.23 bits per heavy atom. The highest BCUT2D eigenvalue weighted by molar-refractivity contribution is 7.86. The van der Waals surface area contributed by atoms with Gasteiger partial charge >= 0.3 is 0 Å². The van der Waals surface area contributed by atoms with Crippen LogP contribution >= 0.6 is 11.6 Å². The van der Waals surface area contributed by atoms with E-state index in [-0.39, 0.29) is 12.5 Å². The second-order valence-corrected chi connectivity index (χ2v) is 4.31. The first kappa shape index (κ1) is 12.9. The lowest BCUT2D eigenvalue weighted by atomic mass is 10.4. The Balaban J connectivity index is 3.83. The Morgan fingerprint density at radius 1 is 1.62 bits per heavy atom. The minimum absolute atomic E-state index is 0.0736. The van der Waals surface area contributed by atoms with Crippen molar-refractivity contribution in [2.24, 2.45) is 0 Å². The van der Waals surface area contributed by atoms with Crippen molar-refractivity contribution in [3.05, 3.63) is 12.7 Å². The third-order valence-corrected chi connectivity index (χ3v) is 1.99. The van der Waals surface area contributed by atoms with Gasteiger partial charge in [-0.1, -0.05) is 6.08 Å². The molecular formula is C7H13ClO4S. The summed E-state index contributed by atoms with van der Waals surface area (Å²) in [7, 11) is -3.46. The summed E-state index contributed by atoms with van der Waals surface area (Å²) in [5, 5.41) is 0. The molecule has 0 aliphatic carbocycles. The van der Waals surface area contributed by atoms with Crippen molar-refractivity contribution in [3.63, 3.8) is 0 Å². The van der Waals surface area contributed by atoms with Crippen molar-refractivity contribution in [1.29, 1.82) is 0 Å². The maximum atomic E-state index is 10.7. The molecule has 0 radical (unpaired) electrons. The first-order valence-corrected chi connectivity index (χ1v) is 5.97. The highest BCUT2D eigenvalue weighted by atomic mass is 35.5. The molecule has 0 heterocycles. The van der Waals surface area contributed by atoms with Crippen LogP contribution in [0.2, 0.25) is 0 Å². The summed E-state index contributed by atoms with van der Waals surface area (Å²) in [6, 6.07) is 0. The monoisotopic (exact) mass is 228 g/mol. The summed E-state index contributed by atoms with van der Waals surface area (Å²) in [5.41, 5.74) is 0. The molecule has 0 fully saturated rings. The van der Waals surface area contributed by atoms with Gasteiger partial charge in [0.25, 0.3) is 10.1 Å². The molecule has 78 valence electrons. The highest BCUT2D eigenvalue weighted by Crippen LogP contribution is 2.01. The van der Waals surface area contributed by atoms with Crippen LogP contribution in [0.25, 0.3) is 0 Å². The Morgan fingerprint density at radius 3 is 2.62 bits per heavy atom. The van der Waals surface area contributed by atoms with E-state index in [1.807, 2.05) is 0 Å². The highest BCUT2D eigenvalue weighted by Gasteiger charge is 2.14. The average Bonchev–Trinajstić information content (AvgIpc) is 2.01. The number of alkyl halides is 1. The zero-order chi connectivity index (χ0) is 10.3. The zero-order valence-corrected chi connectivity index (χ0v) is 8.97. The standard InChI is InChI=1S/C7H13ClO4S/c1-3-4-11-6-7(5-8)12-13(2,9)10/h3,7H,1,4-6H2,2H3/t7-/m0/s1. The fourth-order valence-electron chi connectivity index (χ4n) is 0.628. The molecule has 0 saturated heterocycles. The van der Waals surface area contributed by atoms with Crippen LogP contribution in [-0.2, 0) is 19.0 Å². The molecule has 0 saturated carbocycles. The van der Waals surface area contributed by atoms with Gasteiger partial charge in [0.15, 0.2) is 0 Å². The molecule has 0 rings (SSSR count). The van der Waals surface area contributed by atoms with E-state index in [0.29, 0.717) is 6.61 Å². The van der Waals surface area contributed by atoms with Crippen molar-refractivity contribution in [2.45, 2.75) is 6.10 Å². The first-order chi connectivity index (χ1) is 5.99. The predicted molar refractivity (Wildman–Crippen MR) is 51.5 cm³/mol. The van der Waals surface area contributed by atoms with Crippen LogP contribution in [0.15, 0.2) is 12.7 Å². The minimum Gasteiger partial charge on any atom is -0.375 e. The van der Waals surface area contributed by atoms with Crippen LogP contribution in [0.1, 0.15) is 0 Å². The van der Waals surface area contributed by atoms with E-state index in [2.05, 4.69) is 10.8 Å². The van der Waals surface area contributed by atoms with E-state index in [1.54, 1.807) is 6.08 Å². The Kier molecular flexibility index (Phi) is 6.32. The van der Waals surface area contributed by atoms with Crippen LogP contribution < -0.4 is 0 Å². The van der Waals surface area contributed by atoms with Crippen LogP contribution in [0.4, 0.5) is 0 Å². The van der Waals surface area contributed by atoms with E-state index in [0.717, 1.165) is 6.26 Å². The van der Waals surface area contributed by atoms with Crippen molar-refractivity contribution in [3.8, 4) is 0 Å². The zero-order valence-electron chi connectivity index (χ0n) is 7.40. The molecule has 4 nitrogen and oxygen atoms in total. The molecule has 0 aromatic carbocycles. The Labute approximate surface area is 83.6 Å². The number of ether oxygens (including phenoxy) is 1. The quantitative estimate of drug-likeness (QED) is 0.280. The second-order valence-electron chi connectivity index (χ2n) is 2.40. The van der Waals surface area contributed by atoms with E-state index >= 15 is 0 Å². The van der Waals surface area contributed by atoms with Gasteiger partial charge in [-0.3, -0.25) is 4.18 Å². The molecule has 0 bridgehead atoms. The first-order valence-electron chi connectivity index (χ1n) is 3.62. The largest absolute Gasteiger partial charge is 0.375 e. The summed E-state index contributed by atoms with van der Waals surface area (Å²) >= 11 is 5.46. The molecule has 13 heavy (non-hydrogen) atoms. The molecule has 0 amide bonds. The van der Waals surface area contributed by atoms with E-state index in [9.17, 15) is 8.42 Å². The van der Waals surface area contributed by atoms with Gasteiger partial charge in [-0.05, 0) is 0 Å². The van der Waals surface area contributed by atoms with Gasteiger partial charge in [0.2, 0.25) is 0 Å². The van der Waals surface area contributed by atoms with Crippen molar-refractivity contribution in [1.82, 2.24) is 0 Å². The van der Waals surface area contributed by atoms with Crippen LogP contribution in [-0.4, -0.2) is 39.9 Å². The van der Waals surface area contributed by atoms with Crippen LogP contribution in [0.5, 0.6) is 0 Å². The van der Waals surface area contributed by atoms with Crippen LogP contribution in [0, 0.1) is 0 Å². The van der Waals surface area contributed by atoms with Gasteiger partial charge in [0.1, 0.15) is 6.10 Å². The summed E-state index contributed by atoms with van der Waals surface area (Å²) in [4.78, 5) is 0. The lowest BCUT2D eigenvalue weighted by Crippen LogP contribution is -2.24. The van der Waals surface area contributed by atoms with Gasteiger partial charge in [-0.2, -0.15) is 8.42 Å². The van der Waals surface area contributed by atoms with Gasteiger partial charge in [-0.25, -0.2) is 0 Å². The molecule has 0 unspecified atom stereocenters. The van der Waals surface area contributed by atoms with Crippen molar-refractivity contribution in [2.75, 3.05) is 25.3 Å². The number of halogens is 1. The summed E-state index contributed by atoms with van der Waals surface area (Å²) < 4.78 is 31.0. The molecule has 0 aromatic rings. The van der Waals surface area contributed by atoms with Gasteiger partial charge in [-0.15, -0.1) is 18.2 Å². The molecular weight excluding hydrogens is 216 g/mol. The SMILES string of the molecule is C=CCOC[C@H](CCl)OS(C)(=O)=O. The number of rotatable bonds is 7. The molecule has 1 atom stereocenters. The van der Waals surface area contributed by atoms with E-state index in [4.69, 9.17) is 16.3 Å². The summed E-state index contributed by atoms with van der Waals surface area (Å²) in [6.07, 6.45) is 1.91. The lowest BCUT2D eigenvalue weighted by molar-refractivity contribution is 0.0795. The molecule has 0 spiro atoms. The maximum Gasteiger partial charge on any atom is 0.264 e. The summed E-state index contributed by atoms with van der Waals surface area (Å²) in [5.74, 6) is 0.0736.